The molecule has 0 fully saturated rings. The van der Waals surface area contributed by atoms with Crippen molar-refractivity contribution in [2.24, 2.45) is 11.7 Å². The number of hydrogen-bond acceptors (Lipinski definition) is 6. The quantitative estimate of drug-likeness (QED) is 0.631. The third kappa shape index (κ3) is 4.80. The number of nitrogens with one attached hydrogen (secondary N) is 1. The molecule has 1 aromatic carbocycles. The van der Waals surface area contributed by atoms with Gasteiger partial charge in [0.05, 0.1) is 5.92 Å². The van der Waals surface area contributed by atoms with Crippen LogP contribution in [0.2, 0.25) is 0 Å². The van der Waals surface area contributed by atoms with Crippen LogP contribution in [0.5, 0.6) is 0 Å². The fourth-order valence-electron chi connectivity index (χ4n) is 1.50. The number of aromatic nitrogens is 2. The number of carbonyl (C=O) groups excluding carboxylic acids is 1. The minimum Gasteiger partial charge on any atom is -0.327 e. The van der Waals surface area contributed by atoms with E-state index in [9.17, 15) is 4.79 Å². The summed E-state index contributed by atoms with van der Waals surface area (Å²) < 4.78 is 0.836. The summed E-state index contributed by atoms with van der Waals surface area (Å²) in [6, 6.07) is 9.97. The van der Waals surface area contributed by atoms with E-state index in [1.807, 2.05) is 25.1 Å². The highest BCUT2D eigenvalue weighted by molar-refractivity contribution is 8.00. The molecule has 2 atom stereocenters. The Morgan fingerprint density at radius 3 is 2.71 bits per heavy atom. The van der Waals surface area contributed by atoms with E-state index in [1.165, 1.54) is 16.9 Å². The van der Waals surface area contributed by atoms with Crippen molar-refractivity contribution in [1.29, 1.82) is 0 Å². The molecule has 0 aliphatic rings. The lowest BCUT2D eigenvalue weighted by Gasteiger charge is -2.13. The molecule has 2 unspecified atom stereocenters. The van der Waals surface area contributed by atoms with Gasteiger partial charge in [0.25, 0.3) is 0 Å². The molecule has 1 heterocycles. The zero-order valence-corrected chi connectivity index (χ0v) is 13.6. The summed E-state index contributed by atoms with van der Waals surface area (Å²) >= 11 is 2.98. The average molecular weight is 322 g/mol. The normalized spacial score (nSPS) is 13.7. The van der Waals surface area contributed by atoms with Gasteiger partial charge in [-0.05, 0) is 12.5 Å². The molecule has 0 spiro atoms. The highest BCUT2D eigenvalue weighted by Gasteiger charge is 2.18. The van der Waals surface area contributed by atoms with Gasteiger partial charge >= 0.3 is 0 Å². The van der Waals surface area contributed by atoms with Crippen LogP contribution in [0.15, 0.2) is 34.7 Å². The lowest BCUT2D eigenvalue weighted by Crippen LogP contribution is -2.34. The van der Waals surface area contributed by atoms with Gasteiger partial charge in [-0.25, -0.2) is 0 Å². The Morgan fingerprint density at radius 2 is 2.05 bits per heavy atom. The second-order valence-corrected chi connectivity index (χ2v) is 6.98. The summed E-state index contributed by atoms with van der Waals surface area (Å²) in [5.74, 6) is 0.453. The number of benzene rings is 1. The molecule has 3 N–H and O–H groups in total. The van der Waals surface area contributed by atoms with Gasteiger partial charge in [0, 0.05) is 11.8 Å². The van der Waals surface area contributed by atoms with Crippen molar-refractivity contribution in [2.75, 3.05) is 5.32 Å². The molecular weight excluding hydrogens is 304 g/mol. The lowest BCUT2D eigenvalue weighted by atomic mass is 10.0. The monoisotopic (exact) mass is 322 g/mol. The third-order valence-electron chi connectivity index (χ3n) is 3.04. The van der Waals surface area contributed by atoms with Crippen molar-refractivity contribution in [2.45, 2.75) is 30.0 Å². The van der Waals surface area contributed by atoms with E-state index < -0.39 is 0 Å². The molecule has 7 heteroatoms. The molecule has 1 aromatic heterocycles. The van der Waals surface area contributed by atoms with Gasteiger partial charge in [-0.3, -0.25) is 4.79 Å². The average Bonchev–Trinajstić information content (AvgIpc) is 2.92. The topological polar surface area (TPSA) is 80.9 Å². The fourth-order valence-corrected chi connectivity index (χ4v) is 3.21. The molecular formula is C14H18N4OS2. The number of nitrogens with two attached hydrogens (primary N) is 1. The van der Waals surface area contributed by atoms with Crippen LogP contribution >= 0.6 is 23.1 Å². The van der Waals surface area contributed by atoms with Crippen molar-refractivity contribution in [3.05, 3.63) is 35.9 Å². The first-order valence-electron chi connectivity index (χ1n) is 6.63. The summed E-state index contributed by atoms with van der Waals surface area (Å²) in [4.78, 5) is 11.9. The minimum absolute atomic E-state index is 0.124. The second kappa shape index (κ2) is 7.53. The zero-order chi connectivity index (χ0) is 15.2. The SMILES string of the molecule is CC(N)C(C)C(=O)Nc1nnc(SCc2ccccc2)s1. The Labute approximate surface area is 132 Å². The highest BCUT2D eigenvalue weighted by Crippen LogP contribution is 2.28. The van der Waals surface area contributed by atoms with Crippen molar-refractivity contribution in [1.82, 2.24) is 10.2 Å². The van der Waals surface area contributed by atoms with Crippen LogP contribution in [-0.2, 0) is 10.5 Å². The van der Waals surface area contributed by atoms with E-state index in [0.717, 1.165) is 10.1 Å². The Balaban J connectivity index is 1.88. The minimum atomic E-state index is -0.255. The Bertz CT molecular complexity index is 586. The van der Waals surface area contributed by atoms with Crippen LogP contribution in [0, 0.1) is 5.92 Å². The molecule has 21 heavy (non-hydrogen) atoms. The molecule has 0 aliphatic heterocycles. The number of hydrogen-bond donors (Lipinski definition) is 2. The maximum Gasteiger partial charge on any atom is 0.230 e. The molecule has 112 valence electrons. The highest BCUT2D eigenvalue weighted by atomic mass is 32.2. The summed E-state index contributed by atoms with van der Waals surface area (Å²) in [6.07, 6.45) is 0. The number of rotatable bonds is 6. The van der Waals surface area contributed by atoms with Gasteiger partial charge in [-0.15, -0.1) is 10.2 Å². The molecule has 0 bridgehead atoms. The first kappa shape index (κ1) is 15.9. The Hall–Kier alpha value is -1.44. The number of nitrogens with zero attached hydrogens (tertiary/aromatic N) is 2. The molecule has 2 aromatic rings. The van der Waals surface area contributed by atoms with Crippen LogP contribution in [-0.4, -0.2) is 22.1 Å². The van der Waals surface area contributed by atoms with Crippen molar-refractivity contribution < 1.29 is 4.79 Å². The number of carbonyl (C=O) groups is 1. The second-order valence-electron chi connectivity index (χ2n) is 4.78. The molecule has 0 saturated carbocycles. The molecule has 0 radical (unpaired) electrons. The molecule has 2 rings (SSSR count). The maximum atomic E-state index is 11.9. The third-order valence-corrected chi connectivity index (χ3v) is 5.09. The zero-order valence-electron chi connectivity index (χ0n) is 11.9. The van der Waals surface area contributed by atoms with Gasteiger partial charge in [-0.1, -0.05) is 60.4 Å². The van der Waals surface area contributed by atoms with Crippen LogP contribution in [0.1, 0.15) is 19.4 Å². The first-order chi connectivity index (χ1) is 10.1. The predicted octanol–water partition coefficient (Wildman–Crippen LogP) is 2.75. The summed E-state index contributed by atoms with van der Waals surface area (Å²) in [5.41, 5.74) is 6.94. The predicted molar refractivity (Wildman–Crippen MR) is 87.4 cm³/mol. The largest absolute Gasteiger partial charge is 0.327 e. The number of thioether (sulfide) groups is 1. The van der Waals surface area contributed by atoms with E-state index in [-0.39, 0.29) is 17.9 Å². The Morgan fingerprint density at radius 1 is 1.33 bits per heavy atom. The first-order valence-corrected chi connectivity index (χ1v) is 8.43. The molecule has 0 aliphatic carbocycles. The van der Waals surface area contributed by atoms with Crippen LogP contribution in [0.4, 0.5) is 5.13 Å². The van der Waals surface area contributed by atoms with Gasteiger partial charge in [0.1, 0.15) is 0 Å². The summed E-state index contributed by atoms with van der Waals surface area (Å²) in [5, 5.41) is 11.3. The van der Waals surface area contributed by atoms with Gasteiger partial charge in [0.15, 0.2) is 4.34 Å². The van der Waals surface area contributed by atoms with Crippen LogP contribution in [0.3, 0.4) is 0 Å². The maximum absolute atomic E-state index is 11.9. The summed E-state index contributed by atoms with van der Waals surface area (Å²) in [7, 11) is 0. The van der Waals surface area contributed by atoms with Gasteiger partial charge in [-0.2, -0.15) is 0 Å². The smallest absolute Gasteiger partial charge is 0.230 e. The Kier molecular flexibility index (Phi) is 5.72. The standard InChI is InChI=1S/C14H18N4OS2/c1-9(10(2)15)12(19)16-13-17-18-14(21-13)20-8-11-6-4-3-5-7-11/h3-7,9-10H,8,15H2,1-2H3,(H,16,17,19). The molecule has 1 amide bonds. The van der Waals surface area contributed by atoms with Crippen molar-refractivity contribution >= 4 is 34.1 Å². The van der Waals surface area contributed by atoms with Gasteiger partial charge in [0.2, 0.25) is 11.0 Å². The van der Waals surface area contributed by atoms with Crippen molar-refractivity contribution in [3.8, 4) is 0 Å². The van der Waals surface area contributed by atoms with Gasteiger partial charge < -0.3 is 11.1 Å². The molecule has 0 saturated heterocycles. The fraction of sp³-hybridized carbons (Fsp3) is 0.357. The lowest BCUT2D eigenvalue weighted by molar-refractivity contribution is -0.119. The van der Waals surface area contributed by atoms with E-state index in [4.69, 9.17) is 5.73 Å². The van der Waals surface area contributed by atoms with Crippen LogP contribution in [0.25, 0.3) is 0 Å². The number of amides is 1. The molecule has 5 nitrogen and oxygen atoms in total. The number of anilines is 1. The van der Waals surface area contributed by atoms with E-state index in [0.29, 0.717) is 5.13 Å². The summed E-state index contributed by atoms with van der Waals surface area (Å²) in [6.45, 7) is 3.61. The van der Waals surface area contributed by atoms with E-state index in [1.54, 1.807) is 18.7 Å². The van der Waals surface area contributed by atoms with Crippen molar-refractivity contribution in [3.63, 3.8) is 0 Å². The van der Waals surface area contributed by atoms with Crippen LogP contribution < -0.4 is 11.1 Å². The van der Waals surface area contributed by atoms with E-state index in [2.05, 4.69) is 27.6 Å². The van der Waals surface area contributed by atoms with E-state index >= 15 is 0 Å².